The van der Waals surface area contributed by atoms with E-state index in [1.807, 2.05) is 12.2 Å². The lowest BCUT2D eigenvalue weighted by Crippen LogP contribution is -2.45. The third kappa shape index (κ3) is 14.9. The van der Waals surface area contributed by atoms with Crippen molar-refractivity contribution in [2.75, 3.05) is 26.2 Å². The van der Waals surface area contributed by atoms with Crippen LogP contribution in [0.4, 0.5) is 0 Å². The summed E-state index contributed by atoms with van der Waals surface area (Å²) in [5.74, 6) is -1.24. The molecule has 0 saturated carbocycles. The Bertz CT molecular complexity index is 401. The molecule has 0 rings (SSSR count). The largest absolute Gasteiger partial charge is 0.480 e. The number of carboxylic acids is 1. The number of carbonyl (C=O) groups is 2. The first kappa shape index (κ1) is 24.6. The fourth-order valence-electron chi connectivity index (χ4n) is 2.56. The van der Waals surface area contributed by atoms with E-state index >= 15 is 0 Å². The Morgan fingerprint density at radius 2 is 1.73 bits per heavy atom. The number of nitrogens with zero attached hydrogens (tertiary/aromatic N) is 1. The van der Waals surface area contributed by atoms with Gasteiger partial charge in [-0.3, -0.25) is 14.5 Å². The third-order valence-corrected chi connectivity index (χ3v) is 4.09. The van der Waals surface area contributed by atoms with Crippen molar-refractivity contribution in [3.05, 3.63) is 12.2 Å². The second kappa shape index (κ2) is 17.0. The molecule has 0 aromatic rings. The van der Waals surface area contributed by atoms with E-state index in [2.05, 4.69) is 12.2 Å². The zero-order valence-corrected chi connectivity index (χ0v) is 16.0. The summed E-state index contributed by atoms with van der Waals surface area (Å²) in [6.45, 7) is 1.64. The first-order valence-electron chi connectivity index (χ1n) is 9.67. The molecule has 0 aliphatic heterocycles. The van der Waals surface area contributed by atoms with Gasteiger partial charge in [-0.2, -0.15) is 0 Å². The second-order valence-corrected chi connectivity index (χ2v) is 6.46. The summed E-state index contributed by atoms with van der Waals surface area (Å²) in [7, 11) is 0. The zero-order chi connectivity index (χ0) is 19.6. The number of aliphatic hydroxyl groups is 2. The van der Waals surface area contributed by atoms with E-state index in [1.165, 1.54) is 43.4 Å². The topological polar surface area (TPSA) is 110 Å². The number of amides is 1. The predicted molar refractivity (Wildman–Crippen MR) is 102 cm³/mol. The Balaban J connectivity index is 3.73. The van der Waals surface area contributed by atoms with Gasteiger partial charge in [0.2, 0.25) is 5.91 Å². The number of nitrogens with one attached hydrogen (secondary N) is 1. The second-order valence-electron chi connectivity index (χ2n) is 6.46. The standard InChI is InChI=1S/C19H36N2O5/c1-2-3-4-5-6-7-8-9-10-11-12-17(23)20-13-14-21(15-19(25)26)18(24)16-22/h10-11,18,22,24H,2-9,12-16H2,1H3,(H,20,23)(H,25,26)/b11-10+. The number of allylic oxidation sites excluding steroid dienone is 1. The van der Waals surface area contributed by atoms with Crippen LogP contribution < -0.4 is 5.32 Å². The Hall–Kier alpha value is -1.44. The highest BCUT2D eigenvalue weighted by Crippen LogP contribution is 2.08. The van der Waals surface area contributed by atoms with Gasteiger partial charge in [0.25, 0.3) is 0 Å². The Kier molecular flexibility index (Phi) is 16.1. The fourth-order valence-corrected chi connectivity index (χ4v) is 2.56. The van der Waals surface area contributed by atoms with Gasteiger partial charge < -0.3 is 20.6 Å². The predicted octanol–water partition coefficient (Wildman–Crippen LogP) is 1.89. The summed E-state index contributed by atoms with van der Waals surface area (Å²) >= 11 is 0. The van der Waals surface area contributed by atoms with Gasteiger partial charge in [-0.05, 0) is 12.8 Å². The van der Waals surface area contributed by atoms with Gasteiger partial charge in [0.1, 0.15) is 6.23 Å². The molecule has 0 aromatic heterocycles. The van der Waals surface area contributed by atoms with Crippen molar-refractivity contribution in [2.24, 2.45) is 0 Å². The van der Waals surface area contributed by atoms with E-state index in [-0.39, 0.29) is 25.4 Å². The van der Waals surface area contributed by atoms with Gasteiger partial charge in [0.15, 0.2) is 0 Å². The fraction of sp³-hybridized carbons (Fsp3) is 0.789. The highest BCUT2D eigenvalue weighted by Gasteiger charge is 2.17. The Morgan fingerprint density at radius 1 is 1.08 bits per heavy atom. The number of unbranched alkanes of at least 4 members (excludes halogenated alkanes) is 7. The number of hydrogen-bond donors (Lipinski definition) is 4. The molecule has 7 heteroatoms. The lowest BCUT2D eigenvalue weighted by Gasteiger charge is -2.24. The molecular formula is C19H36N2O5. The summed E-state index contributed by atoms with van der Waals surface area (Å²) < 4.78 is 0. The first-order chi connectivity index (χ1) is 12.5. The molecular weight excluding hydrogens is 336 g/mol. The summed E-state index contributed by atoms with van der Waals surface area (Å²) in [4.78, 5) is 23.6. The molecule has 152 valence electrons. The van der Waals surface area contributed by atoms with Crippen LogP contribution >= 0.6 is 0 Å². The quantitative estimate of drug-likeness (QED) is 0.176. The number of aliphatic hydroxyl groups excluding tert-OH is 2. The average Bonchev–Trinajstić information content (AvgIpc) is 2.61. The average molecular weight is 373 g/mol. The molecule has 7 nitrogen and oxygen atoms in total. The molecule has 0 heterocycles. The molecule has 0 spiro atoms. The summed E-state index contributed by atoms with van der Waals surface area (Å²) in [5, 5.41) is 29.9. The van der Waals surface area contributed by atoms with Crippen molar-refractivity contribution < 1.29 is 24.9 Å². The smallest absolute Gasteiger partial charge is 0.317 e. The van der Waals surface area contributed by atoms with Gasteiger partial charge in [-0.1, -0.05) is 57.6 Å². The Morgan fingerprint density at radius 3 is 2.35 bits per heavy atom. The molecule has 1 amide bonds. The molecule has 0 bridgehead atoms. The van der Waals surface area contributed by atoms with Gasteiger partial charge in [0.05, 0.1) is 13.2 Å². The van der Waals surface area contributed by atoms with Crippen LogP contribution in [0, 0.1) is 0 Å². The van der Waals surface area contributed by atoms with Crippen molar-refractivity contribution in [1.82, 2.24) is 10.2 Å². The highest BCUT2D eigenvalue weighted by atomic mass is 16.4. The molecule has 0 saturated heterocycles. The third-order valence-electron chi connectivity index (χ3n) is 4.09. The van der Waals surface area contributed by atoms with Crippen molar-refractivity contribution >= 4 is 11.9 Å². The number of carbonyl (C=O) groups excluding carboxylic acids is 1. The number of carboxylic acid groups (broad SMARTS) is 1. The monoisotopic (exact) mass is 372 g/mol. The van der Waals surface area contributed by atoms with E-state index < -0.39 is 25.3 Å². The molecule has 1 unspecified atom stereocenters. The van der Waals surface area contributed by atoms with Crippen LogP contribution in [0.3, 0.4) is 0 Å². The maximum atomic E-state index is 11.7. The number of aliphatic carboxylic acids is 1. The zero-order valence-electron chi connectivity index (χ0n) is 16.0. The maximum Gasteiger partial charge on any atom is 0.317 e. The first-order valence-corrected chi connectivity index (χ1v) is 9.67. The van der Waals surface area contributed by atoms with E-state index in [0.717, 1.165) is 12.8 Å². The van der Waals surface area contributed by atoms with Gasteiger partial charge in [-0.15, -0.1) is 0 Å². The molecule has 26 heavy (non-hydrogen) atoms. The number of rotatable bonds is 17. The number of hydrogen-bond acceptors (Lipinski definition) is 5. The van der Waals surface area contributed by atoms with Crippen LogP contribution in [-0.2, 0) is 9.59 Å². The van der Waals surface area contributed by atoms with Gasteiger partial charge in [-0.25, -0.2) is 0 Å². The maximum absolute atomic E-state index is 11.7. The minimum atomic E-state index is -1.25. The SMILES string of the molecule is CCCCCCCCC/C=C/CC(=O)NCCN(CC(=O)O)C(O)CO. The molecule has 0 fully saturated rings. The Labute approximate surface area is 157 Å². The van der Waals surface area contributed by atoms with Crippen molar-refractivity contribution in [3.8, 4) is 0 Å². The van der Waals surface area contributed by atoms with Crippen LogP contribution in [0.2, 0.25) is 0 Å². The lowest BCUT2D eigenvalue weighted by atomic mass is 10.1. The van der Waals surface area contributed by atoms with Crippen LogP contribution in [0.5, 0.6) is 0 Å². The van der Waals surface area contributed by atoms with E-state index in [1.54, 1.807) is 0 Å². The van der Waals surface area contributed by atoms with Crippen LogP contribution in [0.15, 0.2) is 12.2 Å². The van der Waals surface area contributed by atoms with Crippen molar-refractivity contribution in [3.63, 3.8) is 0 Å². The van der Waals surface area contributed by atoms with E-state index in [4.69, 9.17) is 10.2 Å². The minimum absolute atomic E-state index is 0.144. The normalized spacial score (nSPS) is 12.6. The van der Waals surface area contributed by atoms with E-state index in [9.17, 15) is 14.7 Å². The molecule has 0 radical (unpaired) electrons. The van der Waals surface area contributed by atoms with E-state index in [0.29, 0.717) is 0 Å². The molecule has 0 aromatic carbocycles. The highest BCUT2D eigenvalue weighted by molar-refractivity contribution is 5.77. The summed E-state index contributed by atoms with van der Waals surface area (Å²) in [6, 6.07) is 0. The lowest BCUT2D eigenvalue weighted by molar-refractivity contribution is -0.142. The molecule has 4 N–H and O–H groups in total. The summed E-state index contributed by atoms with van der Waals surface area (Å²) in [6.07, 6.45) is 12.8. The summed E-state index contributed by atoms with van der Waals surface area (Å²) in [5.41, 5.74) is 0. The van der Waals surface area contributed by atoms with Crippen molar-refractivity contribution in [2.45, 2.75) is 70.9 Å². The van der Waals surface area contributed by atoms with Gasteiger partial charge >= 0.3 is 5.97 Å². The van der Waals surface area contributed by atoms with Crippen LogP contribution in [0.1, 0.15) is 64.7 Å². The van der Waals surface area contributed by atoms with Crippen LogP contribution in [0.25, 0.3) is 0 Å². The van der Waals surface area contributed by atoms with Crippen molar-refractivity contribution in [1.29, 1.82) is 0 Å². The molecule has 1 atom stereocenters. The van der Waals surface area contributed by atoms with Gasteiger partial charge in [0, 0.05) is 19.5 Å². The minimum Gasteiger partial charge on any atom is -0.480 e. The molecule has 0 aliphatic carbocycles. The molecule has 0 aliphatic rings. The van der Waals surface area contributed by atoms with Crippen LogP contribution in [-0.4, -0.2) is 64.6 Å².